The first-order valence-corrected chi connectivity index (χ1v) is 10.5. The zero-order chi connectivity index (χ0) is 22.3. The molecule has 32 heavy (non-hydrogen) atoms. The molecule has 1 aromatic carbocycles. The molecule has 0 aliphatic carbocycles. The highest BCUT2D eigenvalue weighted by atomic mass is 19.4. The molecule has 4 heterocycles. The molecule has 2 unspecified atom stereocenters. The summed E-state index contributed by atoms with van der Waals surface area (Å²) in [6, 6.07) is 12.1. The molecule has 0 bridgehead atoms. The van der Waals surface area contributed by atoms with E-state index in [0.717, 1.165) is 10.4 Å². The van der Waals surface area contributed by atoms with E-state index in [9.17, 15) is 18.0 Å². The van der Waals surface area contributed by atoms with Crippen LogP contribution in [-0.2, 0) is 0 Å². The summed E-state index contributed by atoms with van der Waals surface area (Å²) in [7, 11) is 0. The lowest BCUT2D eigenvalue weighted by Gasteiger charge is -2.35. The Morgan fingerprint density at radius 3 is 2.47 bits per heavy atom. The molecule has 1 saturated heterocycles. The lowest BCUT2D eigenvalue weighted by Crippen LogP contribution is -2.49. The van der Waals surface area contributed by atoms with E-state index in [4.69, 9.17) is 4.42 Å². The summed E-state index contributed by atoms with van der Waals surface area (Å²) in [6.07, 6.45) is -3.35. The van der Waals surface area contributed by atoms with Gasteiger partial charge in [-0.05, 0) is 24.3 Å². The highest BCUT2D eigenvalue weighted by Gasteiger charge is 2.47. The minimum atomic E-state index is -4.50. The monoisotopic (exact) mass is 445 g/mol. The summed E-state index contributed by atoms with van der Waals surface area (Å²) in [5, 5.41) is 7.10. The van der Waals surface area contributed by atoms with Crippen molar-refractivity contribution in [2.24, 2.45) is 0 Å². The lowest BCUT2D eigenvalue weighted by molar-refractivity contribution is -0.174. The number of carbonyl (C=O) groups is 1. The number of nitrogens with one attached hydrogen (secondary N) is 1. The minimum Gasteiger partial charge on any atom is -0.467 e. The molecule has 2 atom stereocenters. The van der Waals surface area contributed by atoms with E-state index >= 15 is 0 Å². The topological polar surface area (TPSA) is 66.5 Å². The van der Waals surface area contributed by atoms with Gasteiger partial charge in [-0.15, -0.1) is 0 Å². The van der Waals surface area contributed by atoms with Crippen LogP contribution in [0.4, 0.5) is 24.7 Å². The van der Waals surface area contributed by atoms with Crippen molar-refractivity contribution in [3.63, 3.8) is 0 Å². The number of rotatable bonds is 3. The second-order valence-corrected chi connectivity index (χ2v) is 7.98. The van der Waals surface area contributed by atoms with Gasteiger partial charge in [-0.1, -0.05) is 18.2 Å². The first kappa shape index (κ1) is 20.5. The number of furan rings is 1. The van der Waals surface area contributed by atoms with Crippen molar-refractivity contribution in [1.29, 1.82) is 0 Å². The molecule has 0 radical (unpaired) electrons. The van der Waals surface area contributed by atoms with Crippen LogP contribution in [0.5, 0.6) is 0 Å². The summed E-state index contributed by atoms with van der Waals surface area (Å²) in [4.78, 5) is 16.8. The van der Waals surface area contributed by atoms with Crippen LogP contribution in [0, 0.1) is 0 Å². The predicted molar refractivity (Wildman–Crippen MR) is 112 cm³/mol. The molecule has 7 nitrogen and oxygen atoms in total. The van der Waals surface area contributed by atoms with Crippen molar-refractivity contribution in [2.75, 3.05) is 36.4 Å². The molecule has 2 aliphatic heterocycles. The fraction of sp³-hybridized carbons (Fsp3) is 0.364. The molecular formula is C22H22F3N5O2. The van der Waals surface area contributed by atoms with E-state index in [1.165, 1.54) is 12.3 Å². The zero-order valence-electron chi connectivity index (χ0n) is 17.1. The Kier molecular flexibility index (Phi) is 5.07. The van der Waals surface area contributed by atoms with Gasteiger partial charge in [-0.25, -0.2) is 4.68 Å². The highest BCUT2D eigenvalue weighted by molar-refractivity contribution is 5.93. The van der Waals surface area contributed by atoms with E-state index in [1.54, 1.807) is 17.0 Å². The number of para-hydroxylation sites is 1. The van der Waals surface area contributed by atoms with E-state index in [-0.39, 0.29) is 23.8 Å². The number of alkyl halides is 3. The number of hydrogen-bond acceptors (Lipinski definition) is 5. The smallest absolute Gasteiger partial charge is 0.410 e. The van der Waals surface area contributed by atoms with Gasteiger partial charge in [0, 0.05) is 44.4 Å². The van der Waals surface area contributed by atoms with Crippen LogP contribution < -0.4 is 10.2 Å². The first-order valence-electron chi connectivity index (χ1n) is 10.5. The van der Waals surface area contributed by atoms with Crippen LogP contribution in [0.2, 0.25) is 0 Å². The van der Waals surface area contributed by atoms with Gasteiger partial charge in [0.1, 0.15) is 11.6 Å². The van der Waals surface area contributed by atoms with Gasteiger partial charge in [0.05, 0.1) is 12.3 Å². The van der Waals surface area contributed by atoms with Gasteiger partial charge < -0.3 is 19.5 Å². The molecule has 0 saturated carbocycles. The third-order valence-electron chi connectivity index (χ3n) is 5.98. The summed E-state index contributed by atoms with van der Waals surface area (Å²) >= 11 is 0. The van der Waals surface area contributed by atoms with Gasteiger partial charge in [-0.3, -0.25) is 4.79 Å². The first-order chi connectivity index (χ1) is 15.4. The Morgan fingerprint density at radius 1 is 1.06 bits per heavy atom. The average Bonchev–Trinajstić information content (AvgIpc) is 3.48. The molecule has 2 aliphatic rings. The number of fused-ring (bicyclic) bond motifs is 1. The van der Waals surface area contributed by atoms with Crippen LogP contribution in [-0.4, -0.2) is 52.9 Å². The van der Waals surface area contributed by atoms with Crippen molar-refractivity contribution in [3.05, 3.63) is 66.2 Å². The normalized spacial score (nSPS) is 21.2. The third-order valence-corrected chi connectivity index (χ3v) is 5.98. The SMILES string of the molecule is O=C(c1cc2n(n1)C(C(F)(F)F)CC(c1ccco1)N2)N1CCN(c2ccccc2)CC1. The van der Waals surface area contributed by atoms with Crippen molar-refractivity contribution >= 4 is 17.4 Å². The molecule has 168 valence electrons. The van der Waals surface area contributed by atoms with Crippen molar-refractivity contribution in [2.45, 2.75) is 24.7 Å². The maximum absolute atomic E-state index is 13.8. The standard InChI is InChI=1S/C22H22F3N5O2/c23-22(24,25)19-13-16(18-7-4-12-32-18)26-20-14-17(27-30(19)20)21(31)29-10-8-28(9-11-29)15-5-2-1-3-6-15/h1-7,12,14,16,19,26H,8-11,13H2. The fourth-order valence-corrected chi connectivity index (χ4v) is 4.32. The van der Waals surface area contributed by atoms with E-state index < -0.39 is 18.3 Å². The summed E-state index contributed by atoms with van der Waals surface area (Å²) in [5.41, 5.74) is 1.09. The number of anilines is 2. The Morgan fingerprint density at radius 2 is 1.81 bits per heavy atom. The second kappa shape index (κ2) is 7.92. The molecule has 1 amide bonds. The zero-order valence-corrected chi connectivity index (χ0v) is 17.1. The van der Waals surface area contributed by atoms with E-state index in [1.807, 2.05) is 30.3 Å². The van der Waals surface area contributed by atoms with E-state index in [0.29, 0.717) is 31.9 Å². The largest absolute Gasteiger partial charge is 0.467 e. The highest BCUT2D eigenvalue weighted by Crippen LogP contribution is 2.43. The number of nitrogens with zero attached hydrogens (tertiary/aromatic N) is 4. The van der Waals surface area contributed by atoms with Gasteiger partial charge in [0.15, 0.2) is 11.7 Å². The Balaban J connectivity index is 1.34. The molecular weight excluding hydrogens is 423 g/mol. The molecule has 10 heteroatoms. The Labute approximate surface area is 182 Å². The molecule has 0 spiro atoms. The number of hydrogen-bond donors (Lipinski definition) is 1. The summed E-state index contributed by atoms with van der Waals surface area (Å²) < 4.78 is 47.5. The molecule has 3 aromatic rings. The maximum atomic E-state index is 13.8. The minimum absolute atomic E-state index is 0.00926. The van der Waals surface area contributed by atoms with Crippen LogP contribution in [0.3, 0.4) is 0 Å². The molecule has 5 rings (SSSR count). The maximum Gasteiger partial charge on any atom is 0.410 e. The number of aromatic nitrogens is 2. The number of benzene rings is 1. The summed E-state index contributed by atoms with van der Waals surface area (Å²) in [5.74, 6) is 0.208. The Bertz CT molecular complexity index is 1070. The average molecular weight is 445 g/mol. The third kappa shape index (κ3) is 3.80. The van der Waals surface area contributed by atoms with E-state index in [2.05, 4.69) is 15.3 Å². The van der Waals surface area contributed by atoms with Crippen LogP contribution in [0.15, 0.2) is 59.2 Å². The Hall–Kier alpha value is -3.43. The van der Waals surface area contributed by atoms with Crippen molar-refractivity contribution in [3.8, 4) is 0 Å². The van der Waals surface area contributed by atoms with Crippen LogP contribution >= 0.6 is 0 Å². The van der Waals surface area contributed by atoms with Gasteiger partial charge in [0.2, 0.25) is 0 Å². The molecule has 1 N–H and O–H groups in total. The second-order valence-electron chi connectivity index (χ2n) is 7.98. The van der Waals surface area contributed by atoms with Crippen molar-refractivity contribution < 1.29 is 22.4 Å². The number of piperazine rings is 1. The molecule has 1 fully saturated rings. The summed E-state index contributed by atoms with van der Waals surface area (Å²) in [6.45, 7) is 2.24. The van der Waals surface area contributed by atoms with Crippen LogP contribution in [0.25, 0.3) is 0 Å². The fourth-order valence-electron chi connectivity index (χ4n) is 4.32. The van der Waals surface area contributed by atoms with Gasteiger partial charge in [-0.2, -0.15) is 18.3 Å². The van der Waals surface area contributed by atoms with Gasteiger partial charge >= 0.3 is 6.18 Å². The predicted octanol–water partition coefficient (Wildman–Crippen LogP) is 4.10. The molecule has 2 aromatic heterocycles. The quantitative estimate of drug-likeness (QED) is 0.658. The number of carbonyl (C=O) groups excluding carboxylic acids is 1. The van der Waals surface area contributed by atoms with Crippen molar-refractivity contribution in [1.82, 2.24) is 14.7 Å². The number of amides is 1. The van der Waals surface area contributed by atoms with Crippen LogP contribution in [0.1, 0.15) is 34.8 Å². The van der Waals surface area contributed by atoms with Gasteiger partial charge in [0.25, 0.3) is 5.91 Å². The number of halogens is 3. The lowest BCUT2D eigenvalue weighted by atomic mass is 10.0.